The van der Waals surface area contributed by atoms with Crippen molar-refractivity contribution in [3.8, 4) is 0 Å². The van der Waals surface area contributed by atoms with E-state index < -0.39 is 6.10 Å². The quantitative estimate of drug-likeness (QED) is 0.0261. The van der Waals surface area contributed by atoms with E-state index in [9.17, 15) is 14.4 Å². The van der Waals surface area contributed by atoms with Gasteiger partial charge in [-0.1, -0.05) is 314 Å². The number of carbonyl (C=O) groups is 3. The van der Waals surface area contributed by atoms with Crippen molar-refractivity contribution in [3.63, 3.8) is 0 Å². The zero-order valence-corrected chi connectivity index (χ0v) is 53.2. The molecule has 0 rings (SSSR count). The summed E-state index contributed by atoms with van der Waals surface area (Å²) in [4.78, 5) is 38.4. The maximum Gasteiger partial charge on any atom is 0.306 e. The Kier molecular flexibility index (Phi) is 64.8. The fourth-order valence-electron chi connectivity index (χ4n) is 9.12. The molecular formula is C76H124O6. The zero-order valence-electron chi connectivity index (χ0n) is 53.2. The molecule has 0 aromatic heterocycles. The molecule has 0 N–H and O–H groups in total. The minimum atomic E-state index is -0.826. The van der Waals surface area contributed by atoms with Crippen LogP contribution in [0.15, 0.2) is 146 Å². The fraction of sp³-hybridized carbons (Fsp3) is 0.645. The lowest BCUT2D eigenvalue weighted by molar-refractivity contribution is -0.166. The number of allylic oxidation sites excluding steroid dienone is 24. The lowest BCUT2D eigenvalue weighted by Gasteiger charge is -2.18. The maximum atomic E-state index is 13.0. The highest BCUT2D eigenvalue weighted by Crippen LogP contribution is 2.17. The molecule has 82 heavy (non-hydrogen) atoms. The minimum Gasteiger partial charge on any atom is -0.462 e. The van der Waals surface area contributed by atoms with Gasteiger partial charge < -0.3 is 14.2 Å². The number of carbonyl (C=O) groups excluding carboxylic acids is 3. The summed E-state index contributed by atoms with van der Waals surface area (Å²) in [5, 5.41) is 0. The summed E-state index contributed by atoms with van der Waals surface area (Å²) >= 11 is 0. The molecule has 0 amide bonds. The van der Waals surface area contributed by atoms with Crippen molar-refractivity contribution in [2.45, 2.75) is 303 Å². The SMILES string of the molecule is CC/C=C\C/C=C\C/C=C\C/C=C\C/C=C\C/C=C\CCCCCCC(=O)OCC(COC(=O)CC/C=C\C/C=C\C/C=C\C/C=C\C/C=C\C/C=C\CC)OC(=O)CCCCCCCCCCCCCCCCCCCCCCCC. The molecule has 6 heteroatoms. The smallest absolute Gasteiger partial charge is 0.306 e. The number of hydrogen-bond donors (Lipinski definition) is 0. The van der Waals surface area contributed by atoms with Crippen LogP contribution in [-0.4, -0.2) is 37.2 Å². The van der Waals surface area contributed by atoms with E-state index in [2.05, 4.69) is 161 Å². The predicted molar refractivity (Wildman–Crippen MR) is 357 cm³/mol. The molecule has 0 aromatic carbocycles. The average molecular weight is 1130 g/mol. The van der Waals surface area contributed by atoms with E-state index in [-0.39, 0.29) is 37.5 Å². The van der Waals surface area contributed by atoms with Crippen molar-refractivity contribution in [1.29, 1.82) is 0 Å². The Hall–Kier alpha value is -4.71. The summed E-state index contributed by atoms with van der Waals surface area (Å²) < 4.78 is 16.9. The standard InChI is InChI=1S/C76H124O6/c1-4-7-10-13-16-19-22-25-28-31-34-36-38-40-42-45-48-51-54-57-60-63-66-69-75(78)81-72-73(71-80-74(77)68-65-62-59-56-53-50-47-44-41-33-30-27-24-21-18-15-12-9-6-3)82-76(79)70-67-64-61-58-55-52-49-46-43-39-37-35-32-29-26-23-20-17-14-11-8-5-2/h7,9-10,12,16,18-19,21,25,27-28,30,34,36,40-42,44,48,50-51,53,59,62,73H,4-6,8,11,13-15,17,20,22-24,26,29,31-33,35,37-39,43,45-47,49,52,54-58,60-61,63-72H2,1-3H3/b10-7-,12-9-,19-16-,21-18-,28-25-,30-27-,36-34-,42-40-,44-41-,51-48-,53-50-,62-59-. The van der Waals surface area contributed by atoms with E-state index >= 15 is 0 Å². The molecule has 0 fully saturated rings. The second-order valence-corrected chi connectivity index (χ2v) is 22.0. The van der Waals surface area contributed by atoms with Gasteiger partial charge in [0.05, 0.1) is 0 Å². The first-order valence-corrected chi connectivity index (χ1v) is 33.8. The first-order chi connectivity index (χ1) is 40.5. The number of unbranched alkanes of at least 4 members (excludes halogenated alkanes) is 25. The molecule has 0 spiro atoms. The summed E-state index contributed by atoms with van der Waals surface area (Å²) in [6.07, 6.45) is 98.7. The Bertz CT molecular complexity index is 1780. The van der Waals surface area contributed by atoms with Gasteiger partial charge in [-0.2, -0.15) is 0 Å². The minimum absolute atomic E-state index is 0.118. The van der Waals surface area contributed by atoms with Gasteiger partial charge in [0.1, 0.15) is 13.2 Å². The van der Waals surface area contributed by atoms with Gasteiger partial charge in [0.2, 0.25) is 0 Å². The van der Waals surface area contributed by atoms with E-state index in [0.717, 1.165) is 128 Å². The van der Waals surface area contributed by atoms with Gasteiger partial charge in [0, 0.05) is 19.3 Å². The highest BCUT2D eigenvalue weighted by Gasteiger charge is 2.19. The van der Waals surface area contributed by atoms with Crippen molar-refractivity contribution in [2.75, 3.05) is 13.2 Å². The van der Waals surface area contributed by atoms with Crippen molar-refractivity contribution in [3.05, 3.63) is 146 Å². The van der Waals surface area contributed by atoms with Gasteiger partial charge in [-0.15, -0.1) is 0 Å². The average Bonchev–Trinajstić information content (AvgIpc) is 3.48. The Morgan fingerprint density at radius 3 is 0.817 bits per heavy atom. The molecule has 6 nitrogen and oxygen atoms in total. The van der Waals surface area contributed by atoms with Crippen LogP contribution in [0.1, 0.15) is 297 Å². The highest BCUT2D eigenvalue weighted by atomic mass is 16.6. The van der Waals surface area contributed by atoms with E-state index in [1.807, 2.05) is 6.08 Å². The summed E-state index contributed by atoms with van der Waals surface area (Å²) in [5.74, 6) is -1.02. The summed E-state index contributed by atoms with van der Waals surface area (Å²) in [5.41, 5.74) is 0. The van der Waals surface area contributed by atoms with Crippen LogP contribution < -0.4 is 0 Å². The molecular weight excluding hydrogens is 1010 g/mol. The van der Waals surface area contributed by atoms with E-state index in [0.29, 0.717) is 19.3 Å². The third-order valence-electron chi connectivity index (χ3n) is 14.1. The largest absolute Gasteiger partial charge is 0.462 e. The van der Waals surface area contributed by atoms with Gasteiger partial charge in [-0.05, 0) is 109 Å². The van der Waals surface area contributed by atoms with E-state index in [1.165, 1.54) is 122 Å². The number of esters is 3. The second kappa shape index (κ2) is 68.8. The zero-order chi connectivity index (χ0) is 59.2. The Balaban J connectivity index is 4.52. The van der Waals surface area contributed by atoms with Crippen LogP contribution >= 0.6 is 0 Å². The normalized spacial score (nSPS) is 13.1. The molecule has 0 saturated carbocycles. The summed E-state index contributed by atoms with van der Waals surface area (Å²) in [6, 6.07) is 0. The molecule has 0 aromatic rings. The van der Waals surface area contributed by atoms with Gasteiger partial charge in [-0.25, -0.2) is 0 Å². The molecule has 0 radical (unpaired) electrons. The van der Waals surface area contributed by atoms with Crippen LogP contribution in [0, 0.1) is 0 Å². The molecule has 464 valence electrons. The van der Waals surface area contributed by atoms with Gasteiger partial charge in [-0.3, -0.25) is 14.4 Å². The number of rotatable bonds is 60. The van der Waals surface area contributed by atoms with E-state index in [4.69, 9.17) is 14.2 Å². The molecule has 0 saturated heterocycles. The Morgan fingerprint density at radius 1 is 0.256 bits per heavy atom. The summed E-state index contributed by atoms with van der Waals surface area (Å²) in [6.45, 7) is 6.35. The van der Waals surface area contributed by atoms with E-state index in [1.54, 1.807) is 0 Å². The lowest BCUT2D eigenvalue weighted by atomic mass is 10.0. The Morgan fingerprint density at radius 2 is 0.500 bits per heavy atom. The van der Waals surface area contributed by atoms with Gasteiger partial charge in [0.15, 0.2) is 6.10 Å². The number of ether oxygens (including phenoxy) is 3. The molecule has 0 heterocycles. The Labute approximate surface area is 506 Å². The predicted octanol–water partition coefficient (Wildman–Crippen LogP) is 23.5. The highest BCUT2D eigenvalue weighted by molar-refractivity contribution is 5.71. The fourth-order valence-corrected chi connectivity index (χ4v) is 9.12. The van der Waals surface area contributed by atoms with Crippen LogP contribution in [0.5, 0.6) is 0 Å². The summed E-state index contributed by atoms with van der Waals surface area (Å²) in [7, 11) is 0. The first-order valence-electron chi connectivity index (χ1n) is 33.8. The molecule has 0 aliphatic carbocycles. The molecule has 0 bridgehead atoms. The van der Waals surface area contributed by atoms with Crippen LogP contribution in [0.25, 0.3) is 0 Å². The van der Waals surface area contributed by atoms with Crippen molar-refractivity contribution in [1.82, 2.24) is 0 Å². The van der Waals surface area contributed by atoms with Crippen LogP contribution in [0.3, 0.4) is 0 Å². The van der Waals surface area contributed by atoms with Gasteiger partial charge in [0.25, 0.3) is 0 Å². The third-order valence-corrected chi connectivity index (χ3v) is 14.1. The lowest BCUT2D eigenvalue weighted by Crippen LogP contribution is -2.30. The van der Waals surface area contributed by atoms with Gasteiger partial charge >= 0.3 is 17.9 Å². The third kappa shape index (κ3) is 66.1. The van der Waals surface area contributed by atoms with Crippen LogP contribution in [0.2, 0.25) is 0 Å². The maximum absolute atomic E-state index is 13.0. The number of hydrogen-bond acceptors (Lipinski definition) is 6. The van der Waals surface area contributed by atoms with Crippen LogP contribution in [-0.2, 0) is 28.6 Å². The molecule has 0 aliphatic rings. The van der Waals surface area contributed by atoms with Crippen molar-refractivity contribution < 1.29 is 28.6 Å². The van der Waals surface area contributed by atoms with Crippen molar-refractivity contribution in [2.24, 2.45) is 0 Å². The molecule has 1 unspecified atom stereocenters. The topological polar surface area (TPSA) is 78.9 Å². The first kappa shape index (κ1) is 77.3. The van der Waals surface area contributed by atoms with Crippen LogP contribution in [0.4, 0.5) is 0 Å². The monoisotopic (exact) mass is 1130 g/mol. The second-order valence-electron chi connectivity index (χ2n) is 22.0. The molecule has 0 aliphatic heterocycles. The van der Waals surface area contributed by atoms with Crippen molar-refractivity contribution >= 4 is 17.9 Å². The molecule has 1 atom stereocenters.